The fraction of sp³-hybridized carbons (Fsp3) is 0.318. The summed E-state index contributed by atoms with van der Waals surface area (Å²) in [6.07, 6.45) is 6.71. The number of rotatable bonds is 4. The Morgan fingerprint density at radius 2 is 1.72 bits per heavy atom. The number of aromatic nitrogens is 1. The molecule has 1 saturated heterocycles. The van der Waals surface area contributed by atoms with E-state index in [0.29, 0.717) is 0 Å². The van der Waals surface area contributed by atoms with E-state index in [-0.39, 0.29) is 12.4 Å². The third kappa shape index (κ3) is 3.80. The van der Waals surface area contributed by atoms with Crippen molar-refractivity contribution in [2.75, 3.05) is 18.0 Å². The molecule has 0 aliphatic carbocycles. The van der Waals surface area contributed by atoms with E-state index in [2.05, 4.69) is 65.3 Å². The highest BCUT2D eigenvalue weighted by molar-refractivity contribution is 5.86. The van der Waals surface area contributed by atoms with Crippen molar-refractivity contribution in [3.05, 3.63) is 71.5 Å². The third-order valence-electron chi connectivity index (χ3n) is 5.11. The number of fused-ring (bicyclic) bond motifs is 1. The molecule has 0 spiro atoms. The van der Waals surface area contributed by atoms with Crippen LogP contribution in [0.5, 0.6) is 0 Å². The van der Waals surface area contributed by atoms with E-state index in [4.69, 9.17) is 0 Å². The molecule has 2 heterocycles. The molecule has 0 bridgehead atoms. The van der Waals surface area contributed by atoms with Crippen LogP contribution in [0.25, 0.3) is 10.8 Å². The molecule has 3 aromatic rings. The largest absolute Gasteiger partial charge is 0.371 e. The molecule has 25 heavy (non-hydrogen) atoms. The molecule has 1 aliphatic heterocycles. The first kappa shape index (κ1) is 17.8. The van der Waals surface area contributed by atoms with Gasteiger partial charge in [-0.3, -0.25) is 4.98 Å². The van der Waals surface area contributed by atoms with E-state index < -0.39 is 0 Å². The fourth-order valence-electron chi connectivity index (χ4n) is 3.76. The van der Waals surface area contributed by atoms with Gasteiger partial charge < -0.3 is 4.90 Å². The van der Waals surface area contributed by atoms with Gasteiger partial charge in [-0.15, -0.1) is 12.4 Å². The zero-order valence-electron chi connectivity index (χ0n) is 14.7. The van der Waals surface area contributed by atoms with Crippen LogP contribution in [0.15, 0.2) is 54.7 Å². The van der Waals surface area contributed by atoms with Crippen LogP contribution >= 0.6 is 12.4 Å². The molecule has 1 aliphatic rings. The van der Waals surface area contributed by atoms with Crippen LogP contribution in [-0.4, -0.2) is 18.1 Å². The summed E-state index contributed by atoms with van der Waals surface area (Å²) in [4.78, 5) is 7.19. The number of halogens is 1. The Labute approximate surface area is 156 Å². The molecule has 0 unspecified atom stereocenters. The van der Waals surface area contributed by atoms with Crippen molar-refractivity contribution in [2.45, 2.75) is 32.6 Å². The number of aryl methyl sites for hydroxylation is 3. The normalized spacial score (nSPS) is 13.9. The lowest BCUT2D eigenvalue weighted by Gasteiger charge is -2.20. The van der Waals surface area contributed by atoms with Gasteiger partial charge in [0.05, 0.1) is 0 Å². The second-order valence-electron chi connectivity index (χ2n) is 6.79. The summed E-state index contributed by atoms with van der Waals surface area (Å²) in [5.41, 5.74) is 5.30. The number of nitrogens with zero attached hydrogens (tertiary/aromatic N) is 2. The standard InChI is InChI=1S/C22H24N2.ClH/c1-17-16-23-20(15-22(17)24-13-4-5-14-24)12-11-19-9-6-8-18-7-2-3-10-21(18)19;/h2-3,6-10,15-16H,4-5,11-14H2,1H3;1H. The highest BCUT2D eigenvalue weighted by atomic mass is 35.5. The van der Waals surface area contributed by atoms with Crippen LogP contribution in [0.4, 0.5) is 5.69 Å². The molecule has 1 fully saturated rings. The first-order valence-electron chi connectivity index (χ1n) is 8.98. The second kappa shape index (κ2) is 7.88. The van der Waals surface area contributed by atoms with Crippen LogP contribution in [0.2, 0.25) is 0 Å². The van der Waals surface area contributed by atoms with Crippen LogP contribution in [0.1, 0.15) is 29.7 Å². The first-order chi connectivity index (χ1) is 11.8. The van der Waals surface area contributed by atoms with Gasteiger partial charge >= 0.3 is 0 Å². The molecule has 3 heteroatoms. The van der Waals surface area contributed by atoms with Crippen molar-refractivity contribution in [2.24, 2.45) is 0 Å². The summed E-state index contributed by atoms with van der Waals surface area (Å²) in [7, 11) is 0. The van der Waals surface area contributed by atoms with E-state index in [1.807, 2.05) is 6.20 Å². The van der Waals surface area contributed by atoms with Crippen molar-refractivity contribution in [3.63, 3.8) is 0 Å². The Morgan fingerprint density at radius 3 is 2.56 bits per heavy atom. The van der Waals surface area contributed by atoms with E-state index >= 15 is 0 Å². The Bertz CT molecular complexity index is 848. The average molecular weight is 353 g/mol. The molecule has 130 valence electrons. The maximum Gasteiger partial charge on any atom is 0.0429 e. The van der Waals surface area contributed by atoms with Gasteiger partial charge in [0.25, 0.3) is 0 Å². The minimum Gasteiger partial charge on any atom is -0.371 e. The summed E-state index contributed by atoms with van der Waals surface area (Å²) < 4.78 is 0. The van der Waals surface area contributed by atoms with Crippen molar-refractivity contribution >= 4 is 28.9 Å². The molecule has 0 amide bonds. The van der Waals surface area contributed by atoms with Crippen LogP contribution < -0.4 is 4.90 Å². The maximum atomic E-state index is 4.68. The molecule has 4 rings (SSSR count). The monoisotopic (exact) mass is 352 g/mol. The molecule has 2 nitrogen and oxygen atoms in total. The lowest BCUT2D eigenvalue weighted by atomic mass is 10.00. The molecule has 0 N–H and O–H groups in total. The number of benzene rings is 2. The topological polar surface area (TPSA) is 16.1 Å². The summed E-state index contributed by atoms with van der Waals surface area (Å²) in [5.74, 6) is 0. The van der Waals surface area contributed by atoms with E-state index in [0.717, 1.165) is 12.8 Å². The number of pyridine rings is 1. The van der Waals surface area contributed by atoms with Crippen molar-refractivity contribution in [1.82, 2.24) is 4.98 Å². The quantitative estimate of drug-likeness (QED) is 0.629. The van der Waals surface area contributed by atoms with Crippen LogP contribution in [0.3, 0.4) is 0 Å². The number of hydrogen-bond acceptors (Lipinski definition) is 2. The molecular weight excluding hydrogens is 328 g/mol. The summed E-state index contributed by atoms with van der Waals surface area (Å²) >= 11 is 0. The van der Waals surface area contributed by atoms with Crippen LogP contribution in [-0.2, 0) is 12.8 Å². The summed E-state index contributed by atoms with van der Waals surface area (Å²) in [6, 6.07) is 17.6. The predicted octanol–water partition coefficient (Wildman–Crippen LogP) is 5.35. The van der Waals surface area contributed by atoms with Gasteiger partial charge in [-0.1, -0.05) is 42.5 Å². The highest BCUT2D eigenvalue weighted by Crippen LogP contribution is 2.25. The number of anilines is 1. The SMILES string of the molecule is Cc1cnc(CCc2cccc3ccccc23)cc1N1CCCC1.Cl. The van der Waals surface area contributed by atoms with Gasteiger partial charge in [-0.05, 0) is 60.6 Å². The molecule has 2 aromatic carbocycles. The zero-order valence-corrected chi connectivity index (χ0v) is 15.6. The fourth-order valence-corrected chi connectivity index (χ4v) is 3.76. The Morgan fingerprint density at radius 1 is 0.960 bits per heavy atom. The second-order valence-corrected chi connectivity index (χ2v) is 6.79. The zero-order chi connectivity index (χ0) is 16.4. The van der Waals surface area contributed by atoms with Gasteiger partial charge in [0.1, 0.15) is 0 Å². The Kier molecular flexibility index (Phi) is 5.60. The van der Waals surface area contributed by atoms with Gasteiger partial charge in [-0.25, -0.2) is 0 Å². The van der Waals surface area contributed by atoms with Crippen molar-refractivity contribution < 1.29 is 0 Å². The smallest absolute Gasteiger partial charge is 0.0429 e. The lowest BCUT2D eigenvalue weighted by Crippen LogP contribution is -2.19. The van der Waals surface area contributed by atoms with E-state index in [9.17, 15) is 0 Å². The van der Waals surface area contributed by atoms with Gasteiger partial charge in [0, 0.05) is 30.7 Å². The van der Waals surface area contributed by atoms with Crippen LogP contribution in [0, 0.1) is 6.92 Å². The van der Waals surface area contributed by atoms with Crippen molar-refractivity contribution in [3.8, 4) is 0 Å². The first-order valence-corrected chi connectivity index (χ1v) is 8.98. The Hall–Kier alpha value is -2.06. The van der Waals surface area contributed by atoms with E-state index in [1.54, 1.807) is 0 Å². The predicted molar refractivity (Wildman–Crippen MR) is 109 cm³/mol. The van der Waals surface area contributed by atoms with Crippen molar-refractivity contribution in [1.29, 1.82) is 0 Å². The minimum atomic E-state index is 0. The summed E-state index contributed by atoms with van der Waals surface area (Å²) in [5, 5.41) is 2.69. The molecular formula is C22H25ClN2. The third-order valence-corrected chi connectivity index (χ3v) is 5.11. The molecule has 0 atom stereocenters. The number of hydrogen-bond donors (Lipinski definition) is 0. The molecule has 0 saturated carbocycles. The Balaban J connectivity index is 0.00000182. The molecule has 1 aromatic heterocycles. The average Bonchev–Trinajstić information content (AvgIpc) is 3.15. The summed E-state index contributed by atoms with van der Waals surface area (Å²) in [6.45, 7) is 4.55. The minimum absolute atomic E-state index is 0. The highest BCUT2D eigenvalue weighted by Gasteiger charge is 2.15. The maximum absolute atomic E-state index is 4.68. The van der Waals surface area contributed by atoms with Gasteiger partial charge in [0.2, 0.25) is 0 Å². The lowest BCUT2D eigenvalue weighted by molar-refractivity contribution is 0.899. The van der Waals surface area contributed by atoms with Gasteiger partial charge in [0.15, 0.2) is 0 Å². The molecule has 0 radical (unpaired) electrons. The van der Waals surface area contributed by atoms with E-state index in [1.165, 1.54) is 59.2 Å². The van der Waals surface area contributed by atoms with Gasteiger partial charge in [-0.2, -0.15) is 0 Å².